The number of rotatable bonds is 4. The van der Waals surface area contributed by atoms with Gasteiger partial charge in [-0.2, -0.15) is 5.10 Å². The summed E-state index contributed by atoms with van der Waals surface area (Å²) in [6.45, 7) is 6.23. The van der Waals surface area contributed by atoms with Crippen LogP contribution in [0, 0.1) is 11.8 Å². The zero-order valence-electron chi connectivity index (χ0n) is 14.6. The third-order valence-corrected chi connectivity index (χ3v) is 5.42. The average molecular weight is 377 g/mol. The lowest BCUT2D eigenvalue weighted by atomic mass is 9.84. The van der Waals surface area contributed by atoms with Crippen molar-refractivity contribution < 1.29 is 4.79 Å². The highest BCUT2D eigenvalue weighted by Gasteiger charge is 2.30. The fourth-order valence-corrected chi connectivity index (χ4v) is 3.89. The molecule has 7 heteroatoms. The third-order valence-electron chi connectivity index (χ3n) is 5.42. The Hall–Kier alpha value is -0.780. The topological polar surface area (TPSA) is 50.2 Å². The summed E-state index contributed by atoms with van der Waals surface area (Å²) in [5, 5.41) is 7.65. The number of aromatic nitrogens is 2. The van der Waals surface area contributed by atoms with Gasteiger partial charge in [0.1, 0.15) is 0 Å². The van der Waals surface area contributed by atoms with Crippen molar-refractivity contribution in [3.63, 3.8) is 0 Å². The molecule has 2 atom stereocenters. The number of hydrogen-bond donors (Lipinski definition) is 1. The van der Waals surface area contributed by atoms with Crippen molar-refractivity contribution >= 4 is 30.7 Å². The van der Waals surface area contributed by atoms with Gasteiger partial charge < -0.3 is 10.2 Å². The first-order chi connectivity index (χ1) is 10.6. The molecule has 3 heterocycles. The summed E-state index contributed by atoms with van der Waals surface area (Å²) in [4.78, 5) is 14.6. The third kappa shape index (κ3) is 5.11. The Morgan fingerprint density at radius 2 is 2.04 bits per heavy atom. The monoisotopic (exact) mass is 376 g/mol. The van der Waals surface area contributed by atoms with Gasteiger partial charge in [-0.1, -0.05) is 6.92 Å². The predicted octanol–water partition coefficient (Wildman–Crippen LogP) is 2.61. The average Bonchev–Trinajstić information content (AvgIpc) is 3.16. The molecule has 0 radical (unpaired) electrons. The molecule has 2 fully saturated rings. The number of carbonyl (C=O) groups excluding carboxylic acids is 1. The molecule has 5 nitrogen and oxygen atoms in total. The second-order valence-electron chi connectivity index (χ2n) is 7.04. The molecule has 0 aromatic carbocycles. The maximum Gasteiger partial charge on any atom is 0.222 e. The molecule has 0 bridgehead atoms. The molecule has 1 N–H and O–H groups in total. The lowest BCUT2D eigenvalue weighted by Gasteiger charge is -2.29. The van der Waals surface area contributed by atoms with Crippen LogP contribution >= 0.6 is 24.8 Å². The largest absolute Gasteiger partial charge is 0.342 e. The first-order valence-corrected chi connectivity index (χ1v) is 8.60. The molecule has 2 unspecified atom stereocenters. The Kier molecular flexibility index (Phi) is 8.54. The molecular weight excluding hydrogens is 347 g/mol. The number of halogens is 2. The molecule has 0 aliphatic carbocycles. The van der Waals surface area contributed by atoms with Gasteiger partial charge in [0, 0.05) is 38.7 Å². The van der Waals surface area contributed by atoms with Gasteiger partial charge >= 0.3 is 0 Å². The molecule has 0 spiro atoms. The standard InChI is InChI=1S/C17H28N4O.2ClH/c1-13(14-3-6-18-7-4-14)9-17(22)21-8-5-15(12-21)16-10-19-20(2)11-16;;/h10-11,13-15,18H,3-9,12H2,1-2H3;2*1H. The summed E-state index contributed by atoms with van der Waals surface area (Å²) in [5.41, 5.74) is 1.27. The van der Waals surface area contributed by atoms with Crippen molar-refractivity contribution in [3.8, 4) is 0 Å². The number of carbonyl (C=O) groups is 1. The van der Waals surface area contributed by atoms with Gasteiger partial charge in [-0.15, -0.1) is 24.8 Å². The second-order valence-corrected chi connectivity index (χ2v) is 7.04. The number of nitrogens with one attached hydrogen (secondary N) is 1. The zero-order valence-corrected chi connectivity index (χ0v) is 16.2. The molecule has 2 aliphatic heterocycles. The minimum Gasteiger partial charge on any atom is -0.342 e. The fraction of sp³-hybridized carbons (Fsp3) is 0.765. The minimum absolute atomic E-state index is 0. The first-order valence-electron chi connectivity index (χ1n) is 8.60. The lowest BCUT2D eigenvalue weighted by Crippen LogP contribution is -2.34. The summed E-state index contributed by atoms with van der Waals surface area (Å²) in [6.07, 6.45) is 8.23. The van der Waals surface area contributed by atoms with Crippen LogP contribution in [0.25, 0.3) is 0 Å². The number of nitrogens with zero attached hydrogens (tertiary/aromatic N) is 3. The van der Waals surface area contributed by atoms with E-state index in [9.17, 15) is 4.79 Å². The summed E-state index contributed by atoms with van der Waals surface area (Å²) in [6, 6.07) is 0. The van der Waals surface area contributed by atoms with Gasteiger partial charge in [0.05, 0.1) is 6.20 Å². The van der Waals surface area contributed by atoms with Crippen LogP contribution in [0.3, 0.4) is 0 Å². The van der Waals surface area contributed by atoms with Gasteiger partial charge in [0.15, 0.2) is 0 Å². The maximum absolute atomic E-state index is 12.6. The highest BCUT2D eigenvalue weighted by molar-refractivity contribution is 5.85. The van der Waals surface area contributed by atoms with Crippen LogP contribution < -0.4 is 5.32 Å². The van der Waals surface area contributed by atoms with E-state index < -0.39 is 0 Å². The van der Waals surface area contributed by atoms with E-state index in [-0.39, 0.29) is 24.8 Å². The van der Waals surface area contributed by atoms with Crippen molar-refractivity contribution in [2.75, 3.05) is 26.2 Å². The highest BCUT2D eigenvalue weighted by atomic mass is 35.5. The Balaban J connectivity index is 0.00000144. The summed E-state index contributed by atoms with van der Waals surface area (Å²) in [7, 11) is 1.95. The molecule has 3 rings (SSSR count). The minimum atomic E-state index is 0. The molecular formula is C17H30Cl2N4O. The van der Waals surface area contributed by atoms with Crippen LogP contribution in [-0.4, -0.2) is 46.8 Å². The van der Waals surface area contributed by atoms with E-state index in [1.807, 2.05) is 17.9 Å². The van der Waals surface area contributed by atoms with E-state index in [4.69, 9.17) is 0 Å². The molecule has 2 aliphatic rings. The van der Waals surface area contributed by atoms with Crippen molar-refractivity contribution in [3.05, 3.63) is 18.0 Å². The smallest absolute Gasteiger partial charge is 0.222 e. The molecule has 1 aromatic rings. The molecule has 0 saturated carbocycles. The summed E-state index contributed by atoms with van der Waals surface area (Å²) in [5.74, 6) is 2.03. The quantitative estimate of drug-likeness (QED) is 0.878. The maximum atomic E-state index is 12.6. The van der Waals surface area contributed by atoms with Gasteiger partial charge in [0.2, 0.25) is 5.91 Å². The summed E-state index contributed by atoms with van der Waals surface area (Å²) < 4.78 is 1.85. The number of hydrogen-bond acceptors (Lipinski definition) is 3. The number of amides is 1. The zero-order chi connectivity index (χ0) is 15.5. The molecule has 2 saturated heterocycles. The van der Waals surface area contributed by atoms with Crippen LogP contribution in [0.2, 0.25) is 0 Å². The Labute approximate surface area is 157 Å². The first kappa shape index (κ1) is 21.3. The van der Waals surface area contributed by atoms with Gasteiger partial charge in [-0.05, 0) is 49.8 Å². The van der Waals surface area contributed by atoms with E-state index in [0.29, 0.717) is 30.1 Å². The van der Waals surface area contributed by atoms with E-state index in [1.165, 1.54) is 18.4 Å². The molecule has 138 valence electrons. The number of likely N-dealkylation sites (tertiary alicyclic amines) is 1. The predicted molar refractivity (Wildman–Crippen MR) is 101 cm³/mol. The van der Waals surface area contributed by atoms with Crippen LogP contribution in [0.1, 0.15) is 44.1 Å². The van der Waals surface area contributed by atoms with Crippen molar-refractivity contribution in [1.82, 2.24) is 20.0 Å². The SMILES string of the molecule is CC(CC(=O)N1CCC(c2cnn(C)c2)C1)C1CCNCC1.Cl.Cl. The van der Waals surface area contributed by atoms with Crippen molar-refractivity contribution in [2.45, 2.75) is 38.5 Å². The summed E-state index contributed by atoms with van der Waals surface area (Å²) >= 11 is 0. The number of aryl methyl sites for hydroxylation is 1. The van der Waals surface area contributed by atoms with Crippen molar-refractivity contribution in [1.29, 1.82) is 0 Å². The Bertz CT molecular complexity index is 516. The van der Waals surface area contributed by atoms with Gasteiger partial charge in [-0.25, -0.2) is 0 Å². The van der Waals surface area contributed by atoms with Crippen LogP contribution in [0.15, 0.2) is 12.4 Å². The molecule has 1 aromatic heterocycles. The van der Waals surface area contributed by atoms with E-state index in [0.717, 1.165) is 32.6 Å². The normalized spacial score (nSPS) is 22.6. The van der Waals surface area contributed by atoms with Gasteiger partial charge in [-0.3, -0.25) is 9.48 Å². The van der Waals surface area contributed by atoms with Crippen LogP contribution in [0.4, 0.5) is 0 Å². The molecule has 1 amide bonds. The van der Waals surface area contributed by atoms with Crippen LogP contribution in [-0.2, 0) is 11.8 Å². The van der Waals surface area contributed by atoms with E-state index >= 15 is 0 Å². The highest BCUT2D eigenvalue weighted by Crippen LogP contribution is 2.29. The van der Waals surface area contributed by atoms with Crippen LogP contribution in [0.5, 0.6) is 0 Å². The van der Waals surface area contributed by atoms with E-state index in [2.05, 4.69) is 28.4 Å². The van der Waals surface area contributed by atoms with Gasteiger partial charge in [0.25, 0.3) is 0 Å². The fourth-order valence-electron chi connectivity index (χ4n) is 3.89. The number of piperidine rings is 1. The van der Waals surface area contributed by atoms with Crippen molar-refractivity contribution in [2.24, 2.45) is 18.9 Å². The Morgan fingerprint density at radius 1 is 1.33 bits per heavy atom. The Morgan fingerprint density at radius 3 is 2.67 bits per heavy atom. The lowest BCUT2D eigenvalue weighted by molar-refractivity contribution is -0.131. The second kappa shape index (κ2) is 9.64. The molecule has 24 heavy (non-hydrogen) atoms. The van der Waals surface area contributed by atoms with E-state index in [1.54, 1.807) is 0 Å².